The van der Waals surface area contributed by atoms with Gasteiger partial charge in [-0.1, -0.05) is 5.21 Å². The number of benzene rings is 1. The van der Waals surface area contributed by atoms with Crippen molar-refractivity contribution in [3.05, 3.63) is 23.8 Å². The van der Waals surface area contributed by atoms with Crippen molar-refractivity contribution in [2.45, 2.75) is 13.0 Å². The summed E-state index contributed by atoms with van der Waals surface area (Å²) < 4.78 is 29.9. The van der Waals surface area contributed by atoms with Gasteiger partial charge in [-0.15, -0.1) is 5.10 Å². The lowest BCUT2D eigenvalue weighted by atomic mass is 10.2. The minimum Gasteiger partial charge on any atom is -0.478 e. The summed E-state index contributed by atoms with van der Waals surface area (Å²) in [5.41, 5.74) is 1.19. The van der Waals surface area contributed by atoms with Gasteiger partial charge in [-0.2, -0.15) is 0 Å². The predicted octanol–water partition coefficient (Wildman–Crippen LogP) is 1.41. The highest BCUT2D eigenvalue weighted by Gasteiger charge is 2.09. The largest absolute Gasteiger partial charge is 0.478 e. The zero-order valence-electron chi connectivity index (χ0n) is 9.79. The Morgan fingerprint density at radius 3 is 2.95 bits per heavy atom. The van der Waals surface area contributed by atoms with Crippen molar-refractivity contribution in [1.29, 1.82) is 0 Å². The van der Waals surface area contributed by atoms with Crippen molar-refractivity contribution in [3.63, 3.8) is 0 Å². The summed E-state index contributed by atoms with van der Waals surface area (Å²) >= 11 is 0. The van der Waals surface area contributed by atoms with Crippen molar-refractivity contribution in [1.82, 2.24) is 15.0 Å². The van der Waals surface area contributed by atoms with Gasteiger partial charge in [0.15, 0.2) is 0 Å². The minimum absolute atomic E-state index is 0.0868. The van der Waals surface area contributed by atoms with Crippen LogP contribution in [0.3, 0.4) is 0 Å². The average Bonchev–Trinajstić information content (AvgIpc) is 2.76. The summed E-state index contributed by atoms with van der Waals surface area (Å²) in [6.45, 7) is -0.255. The number of aromatic carboxylic acids is 1. The van der Waals surface area contributed by atoms with Crippen LogP contribution in [0, 0.1) is 0 Å². The van der Waals surface area contributed by atoms with Gasteiger partial charge in [0, 0.05) is 0 Å². The van der Waals surface area contributed by atoms with Crippen LogP contribution in [0.5, 0.6) is 0 Å². The molecular formula is C11H11F2N3O3. The molecule has 1 heterocycles. The number of hydrogen-bond acceptors (Lipinski definition) is 4. The number of nitrogens with zero attached hydrogens (tertiary/aromatic N) is 3. The monoisotopic (exact) mass is 271 g/mol. The first-order valence-corrected chi connectivity index (χ1v) is 5.50. The molecule has 0 aliphatic rings. The maximum Gasteiger partial charge on any atom is 0.335 e. The van der Waals surface area contributed by atoms with E-state index in [9.17, 15) is 13.6 Å². The Morgan fingerprint density at radius 1 is 1.47 bits per heavy atom. The first-order chi connectivity index (χ1) is 9.08. The molecule has 0 amide bonds. The van der Waals surface area contributed by atoms with Gasteiger partial charge in [-0.05, 0) is 18.2 Å². The van der Waals surface area contributed by atoms with Crippen molar-refractivity contribution < 1.29 is 23.4 Å². The second kappa shape index (κ2) is 5.70. The molecule has 0 bridgehead atoms. The highest BCUT2D eigenvalue weighted by Crippen LogP contribution is 2.13. The number of rotatable bonds is 6. The molecule has 0 unspecified atom stereocenters. The number of alkyl halides is 2. The summed E-state index contributed by atoms with van der Waals surface area (Å²) in [4.78, 5) is 10.8. The van der Waals surface area contributed by atoms with Crippen molar-refractivity contribution in [3.8, 4) is 0 Å². The molecule has 0 spiro atoms. The molecule has 6 nitrogen and oxygen atoms in total. The molecule has 0 atom stereocenters. The van der Waals surface area contributed by atoms with Gasteiger partial charge in [-0.3, -0.25) is 0 Å². The van der Waals surface area contributed by atoms with E-state index in [1.54, 1.807) is 6.07 Å². The SMILES string of the molecule is O=C(O)c1ccc2c(c1)nnn2CCOCC(F)F. The van der Waals surface area contributed by atoms with E-state index in [-0.39, 0.29) is 18.7 Å². The van der Waals surface area contributed by atoms with E-state index in [0.29, 0.717) is 11.0 Å². The number of ether oxygens (including phenoxy) is 1. The van der Waals surface area contributed by atoms with Crippen molar-refractivity contribution in [2.75, 3.05) is 13.2 Å². The number of halogens is 2. The molecule has 0 aliphatic carbocycles. The molecule has 19 heavy (non-hydrogen) atoms. The number of carboxylic acids is 1. The Morgan fingerprint density at radius 2 is 2.26 bits per heavy atom. The smallest absolute Gasteiger partial charge is 0.335 e. The van der Waals surface area contributed by atoms with E-state index in [1.807, 2.05) is 0 Å². The standard InChI is InChI=1S/C11H11F2N3O3/c12-10(13)6-19-4-3-16-9-2-1-7(11(17)18)5-8(9)14-15-16/h1-2,5,10H,3-4,6H2,(H,17,18). The third-order valence-electron chi connectivity index (χ3n) is 2.45. The van der Waals surface area contributed by atoms with Gasteiger partial charge < -0.3 is 9.84 Å². The number of fused-ring (bicyclic) bond motifs is 1. The van der Waals surface area contributed by atoms with Gasteiger partial charge in [0.1, 0.15) is 12.1 Å². The van der Waals surface area contributed by atoms with E-state index in [4.69, 9.17) is 9.84 Å². The number of carbonyl (C=O) groups is 1. The van der Waals surface area contributed by atoms with E-state index in [1.165, 1.54) is 16.8 Å². The van der Waals surface area contributed by atoms with Crippen molar-refractivity contribution >= 4 is 17.0 Å². The average molecular weight is 271 g/mol. The molecule has 0 radical (unpaired) electrons. The lowest BCUT2D eigenvalue weighted by Gasteiger charge is -2.04. The van der Waals surface area contributed by atoms with Crippen LogP contribution in [0.15, 0.2) is 18.2 Å². The molecule has 0 saturated heterocycles. The fourth-order valence-corrected chi connectivity index (χ4v) is 1.59. The minimum atomic E-state index is -2.49. The number of hydrogen-bond donors (Lipinski definition) is 1. The van der Waals surface area contributed by atoms with Gasteiger partial charge in [0.2, 0.25) is 0 Å². The molecule has 8 heteroatoms. The Kier molecular flexibility index (Phi) is 4.00. The fraction of sp³-hybridized carbons (Fsp3) is 0.364. The van der Waals surface area contributed by atoms with Gasteiger partial charge in [0.05, 0.1) is 24.2 Å². The van der Waals surface area contributed by atoms with Crippen LogP contribution in [-0.4, -0.2) is 45.7 Å². The summed E-state index contributed by atoms with van der Waals surface area (Å²) in [6, 6.07) is 4.41. The summed E-state index contributed by atoms with van der Waals surface area (Å²) in [5.74, 6) is -1.04. The Hall–Kier alpha value is -2.09. The van der Waals surface area contributed by atoms with E-state index in [0.717, 1.165) is 0 Å². The quantitative estimate of drug-likeness (QED) is 0.804. The summed E-state index contributed by atoms with van der Waals surface area (Å²) in [5, 5.41) is 16.5. The highest BCUT2D eigenvalue weighted by molar-refractivity contribution is 5.92. The molecule has 1 aromatic heterocycles. The predicted molar refractivity (Wildman–Crippen MR) is 61.3 cm³/mol. The third-order valence-corrected chi connectivity index (χ3v) is 2.45. The van der Waals surface area contributed by atoms with Crippen LogP contribution in [0.1, 0.15) is 10.4 Å². The molecule has 1 N–H and O–H groups in total. The lowest BCUT2D eigenvalue weighted by Crippen LogP contribution is -2.11. The lowest BCUT2D eigenvalue weighted by molar-refractivity contribution is 0.0141. The zero-order valence-corrected chi connectivity index (χ0v) is 9.79. The maximum atomic E-state index is 11.9. The highest BCUT2D eigenvalue weighted by atomic mass is 19.3. The molecule has 0 aliphatic heterocycles. The van der Waals surface area contributed by atoms with Gasteiger partial charge in [0.25, 0.3) is 6.43 Å². The van der Waals surface area contributed by atoms with Crippen LogP contribution >= 0.6 is 0 Å². The normalized spacial score (nSPS) is 11.3. The second-order valence-corrected chi connectivity index (χ2v) is 3.79. The molecule has 2 aromatic rings. The molecular weight excluding hydrogens is 260 g/mol. The van der Waals surface area contributed by atoms with Gasteiger partial charge >= 0.3 is 5.97 Å². The van der Waals surface area contributed by atoms with Crippen LogP contribution in [0.2, 0.25) is 0 Å². The molecule has 2 rings (SSSR count). The maximum absolute atomic E-state index is 11.9. The van der Waals surface area contributed by atoms with Crippen molar-refractivity contribution in [2.24, 2.45) is 0 Å². The first kappa shape index (κ1) is 13.3. The van der Waals surface area contributed by atoms with E-state index < -0.39 is 19.0 Å². The van der Waals surface area contributed by atoms with Crippen LogP contribution < -0.4 is 0 Å². The molecule has 1 aromatic carbocycles. The third kappa shape index (κ3) is 3.22. The van der Waals surface area contributed by atoms with Crippen LogP contribution in [-0.2, 0) is 11.3 Å². The first-order valence-electron chi connectivity index (χ1n) is 5.50. The van der Waals surface area contributed by atoms with E-state index >= 15 is 0 Å². The number of aromatic nitrogens is 3. The number of carboxylic acid groups (broad SMARTS) is 1. The van der Waals surface area contributed by atoms with Gasteiger partial charge in [-0.25, -0.2) is 18.3 Å². The molecule has 102 valence electrons. The Labute approximate surface area is 106 Å². The molecule has 0 fully saturated rings. The Balaban J connectivity index is 2.06. The second-order valence-electron chi connectivity index (χ2n) is 3.79. The summed E-state index contributed by atoms with van der Waals surface area (Å²) in [7, 11) is 0. The Bertz CT molecular complexity index is 586. The fourth-order valence-electron chi connectivity index (χ4n) is 1.59. The zero-order chi connectivity index (χ0) is 13.8. The summed E-state index contributed by atoms with van der Waals surface area (Å²) in [6.07, 6.45) is -2.49. The van der Waals surface area contributed by atoms with Crippen LogP contribution in [0.25, 0.3) is 11.0 Å². The van der Waals surface area contributed by atoms with Crippen LogP contribution in [0.4, 0.5) is 8.78 Å². The molecule has 0 saturated carbocycles. The topological polar surface area (TPSA) is 77.2 Å². The van der Waals surface area contributed by atoms with E-state index in [2.05, 4.69) is 10.3 Å².